The van der Waals surface area contributed by atoms with E-state index < -0.39 is 0 Å². The van der Waals surface area contributed by atoms with Gasteiger partial charge in [0.15, 0.2) is 0 Å². The number of halogens is 1. The van der Waals surface area contributed by atoms with Crippen molar-refractivity contribution in [2.75, 3.05) is 0 Å². The van der Waals surface area contributed by atoms with Gasteiger partial charge in [-0.25, -0.2) is 4.39 Å². The fraction of sp³-hybridized carbons (Fsp3) is 0.571. The zero-order chi connectivity index (χ0) is 11.8. The highest BCUT2D eigenvalue weighted by molar-refractivity contribution is 5.26. The average Bonchev–Trinajstić information content (AvgIpc) is 2.15. The van der Waals surface area contributed by atoms with E-state index in [1.165, 1.54) is 18.9 Å². The van der Waals surface area contributed by atoms with Gasteiger partial charge in [0.25, 0.3) is 0 Å². The fourth-order valence-corrected chi connectivity index (χ4v) is 2.80. The van der Waals surface area contributed by atoms with Crippen LogP contribution < -0.4 is 5.32 Å². The first kappa shape index (κ1) is 11.6. The molecule has 1 aromatic carbocycles. The fourth-order valence-electron chi connectivity index (χ4n) is 2.80. The Morgan fingerprint density at radius 2 is 1.94 bits per heavy atom. The Labute approximate surface area is 97.1 Å². The van der Waals surface area contributed by atoms with Crippen LogP contribution in [0.4, 0.5) is 4.39 Å². The minimum atomic E-state index is -0.149. The van der Waals surface area contributed by atoms with Crippen molar-refractivity contribution >= 4 is 0 Å². The summed E-state index contributed by atoms with van der Waals surface area (Å²) in [7, 11) is 0. The Morgan fingerprint density at radius 3 is 2.56 bits per heavy atom. The van der Waals surface area contributed by atoms with Gasteiger partial charge in [0.1, 0.15) is 5.82 Å². The molecule has 1 fully saturated rings. The first-order valence-electron chi connectivity index (χ1n) is 5.97. The van der Waals surface area contributed by atoms with Gasteiger partial charge in [0.2, 0.25) is 0 Å². The van der Waals surface area contributed by atoms with Crippen molar-refractivity contribution in [3.8, 4) is 0 Å². The molecule has 0 amide bonds. The average molecular weight is 221 g/mol. The lowest BCUT2D eigenvalue weighted by molar-refractivity contribution is 0.167. The standard InChI is InChI=1S/C14H20FN/c1-13(2)8-5-9-14(3,16-13)11-6-4-7-12(15)10-11/h4,6-7,10,16H,5,8-9H2,1-3H3. The van der Waals surface area contributed by atoms with Gasteiger partial charge in [-0.2, -0.15) is 0 Å². The minimum absolute atomic E-state index is 0.0934. The summed E-state index contributed by atoms with van der Waals surface area (Å²) in [6, 6.07) is 6.95. The predicted octanol–water partition coefficient (Wildman–Crippen LogP) is 3.59. The third kappa shape index (κ3) is 2.27. The van der Waals surface area contributed by atoms with Crippen molar-refractivity contribution in [1.82, 2.24) is 5.32 Å². The van der Waals surface area contributed by atoms with Gasteiger partial charge in [-0.05, 0) is 57.7 Å². The zero-order valence-electron chi connectivity index (χ0n) is 10.3. The first-order chi connectivity index (χ1) is 7.41. The summed E-state index contributed by atoms with van der Waals surface area (Å²) in [5.41, 5.74) is 1.10. The van der Waals surface area contributed by atoms with Crippen LogP contribution in [-0.4, -0.2) is 5.54 Å². The number of piperidine rings is 1. The molecule has 1 aliphatic rings. The molecule has 0 aliphatic carbocycles. The smallest absolute Gasteiger partial charge is 0.123 e. The van der Waals surface area contributed by atoms with Gasteiger partial charge < -0.3 is 5.32 Å². The van der Waals surface area contributed by atoms with E-state index >= 15 is 0 Å². The van der Waals surface area contributed by atoms with E-state index in [9.17, 15) is 4.39 Å². The lowest BCUT2D eigenvalue weighted by Crippen LogP contribution is -2.55. The summed E-state index contributed by atoms with van der Waals surface area (Å²) >= 11 is 0. The molecule has 88 valence electrons. The molecule has 16 heavy (non-hydrogen) atoms. The maximum absolute atomic E-state index is 13.3. The molecule has 1 N–H and O–H groups in total. The molecular weight excluding hydrogens is 201 g/mol. The van der Waals surface area contributed by atoms with Crippen LogP contribution in [-0.2, 0) is 5.54 Å². The van der Waals surface area contributed by atoms with E-state index in [0.717, 1.165) is 12.0 Å². The third-order valence-electron chi connectivity index (χ3n) is 3.55. The van der Waals surface area contributed by atoms with Crippen molar-refractivity contribution in [2.45, 2.75) is 51.1 Å². The van der Waals surface area contributed by atoms with Gasteiger partial charge in [0, 0.05) is 11.1 Å². The van der Waals surface area contributed by atoms with E-state index in [4.69, 9.17) is 0 Å². The van der Waals surface area contributed by atoms with Crippen LogP contribution in [0.15, 0.2) is 24.3 Å². The Hall–Kier alpha value is -0.890. The molecule has 0 saturated carbocycles. The number of rotatable bonds is 1. The Kier molecular flexibility index (Phi) is 2.79. The summed E-state index contributed by atoms with van der Waals surface area (Å²) in [6.07, 6.45) is 3.44. The van der Waals surface area contributed by atoms with Crippen LogP contribution in [0, 0.1) is 5.82 Å². The molecule has 1 heterocycles. The quantitative estimate of drug-likeness (QED) is 0.764. The van der Waals surface area contributed by atoms with E-state index in [1.807, 2.05) is 6.07 Å². The molecule has 1 unspecified atom stereocenters. The summed E-state index contributed by atoms with van der Waals surface area (Å²) in [5, 5.41) is 3.65. The highest BCUT2D eigenvalue weighted by atomic mass is 19.1. The Balaban J connectivity index is 2.31. The van der Waals surface area contributed by atoms with Crippen molar-refractivity contribution in [1.29, 1.82) is 0 Å². The monoisotopic (exact) mass is 221 g/mol. The van der Waals surface area contributed by atoms with E-state index in [0.29, 0.717) is 0 Å². The molecule has 0 radical (unpaired) electrons. The second kappa shape index (κ2) is 3.85. The summed E-state index contributed by atoms with van der Waals surface area (Å²) < 4.78 is 13.3. The number of nitrogens with one attached hydrogen (secondary N) is 1. The van der Waals surface area contributed by atoms with Crippen LogP contribution in [0.2, 0.25) is 0 Å². The predicted molar refractivity (Wildman–Crippen MR) is 64.8 cm³/mol. The maximum atomic E-state index is 13.3. The number of hydrogen-bond acceptors (Lipinski definition) is 1. The molecule has 1 atom stereocenters. The Morgan fingerprint density at radius 1 is 1.19 bits per heavy atom. The van der Waals surface area contributed by atoms with Crippen LogP contribution in [0.5, 0.6) is 0 Å². The van der Waals surface area contributed by atoms with Gasteiger partial charge in [-0.15, -0.1) is 0 Å². The van der Waals surface area contributed by atoms with Gasteiger partial charge in [-0.1, -0.05) is 12.1 Å². The molecule has 1 aromatic rings. The van der Waals surface area contributed by atoms with Crippen molar-refractivity contribution < 1.29 is 4.39 Å². The molecular formula is C14H20FN. The molecule has 0 spiro atoms. The molecule has 2 heteroatoms. The molecule has 0 aromatic heterocycles. The van der Waals surface area contributed by atoms with Crippen LogP contribution in [0.25, 0.3) is 0 Å². The maximum Gasteiger partial charge on any atom is 0.123 e. The largest absolute Gasteiger partial charge is 0.303 e. The van der Waals surface area contributed by atoms with Crippen molar-refractivity contribution in [2.24, 2.45) is 0 Å². The molecule has 1 nitrogen and oxygen atoms in total. The minimum Gasteiger partial charge on any atom is -0.303 e. The SMILES string of the molecule is CC1(C)CCCC(C)(c2cccc(F)c2)N1. The summed E-state index contributed by atoms with van der Waals surface area (Å²) in [4.78, 5) is 0. The second-order valence-corrected chi connectivity index (χ2v) is 5.70. The molecule has 2 rings (SSSR count). The van der Waals surface area contributed by atoms with Crippen LogP contribution in [0.3, 0.4) is 0 Å². The summed E-state index contributed by atoms with van der Waals surface area (Å²) in [6.45, 7) is 6.59. The summed E-state index contributed by atoms with van der Waals surface area (Å²) in [5.74, 6) is -0.149. The highest BCUT2D eigenvalue weighted by Gasteiger charge is 2.36. The van der Waals surface area contributed by atoms with Gasteiger partial charge in [-0.3, -0.25) is 0 Å². The molecule has 1 aliphatic heterocycles. The van der Waals surface area contributed by atoms with Crippen molar-refractivity contribution in [3.63, 3.8) is 0 Å². The number of hydrogen-bond donors (Lipinski definition) is 1. The molecule has 0 bridgehead atoms. The number of benzene rings is 1. The topological polar surface area (TPSA) is 12.0 Å². The van der Waals surface area contributed by atoms with Gasteiger partial charge in [0.05, 0.1) is 0 Å². The highest BCUT2D eigenvalue weighted by Crippen LogP contribution is 2.35. The van der Waals surface area contributed by atoms with Crippen LogP contribution in [0.1, 0.15) is 45.6 Å². The third-order valence-corrected chi connectivity index (χ3v) is 3.55. The molecule has 1 saturated heterocycles. The van der Waals surface area contributed by atoms with Crippen molar-refractivity contribution in [3.05, 3.63) is 35.6 Å². The van der Waals surface area contributed by atoms with Crippen LogP contribution >= 0.6 is 0 Å². The first-order valence-corrected chi connectivity index (χ1v) is 5.97. The zero-order valence-corrected chi connectivity index (χ0v) is 10.3. The Bertz CT molecular complexity index is 386. The lowest BCUT2D eigenvalue weighted by atomic mass is 9.78. The lowest BCUT2D eigenvalue weighted by Gasteiger charge is -2.45. The normalized spacial score (nSPS) is 29.0. The van der Waals surface area contributed by atoms with Gasteiger partial charge >= 0.3 is 0 Å². The second-order valence-electron chi connectivity index (χ2n) is 5.70. The van der Waals surface area contributed by atoms with E-state index in [1.54, 1.807) is 12.1 Å². The van der Waals surface area contributed by atoms with E-state index in [-0.39, 0.29) is 16.9 Å². The van der Waals surface area contributed by atoms with E-state index in [2.05, 4.69) is 26.1 Å².